The zero-order valence-electron chi connectivity index (χ0n) is 18.5. The topological polar surface area (TPSA) is 131 Å². The summed E-state index contributed by atoms with van der Waals surface area (Å²) in [5.74, 6) is -1.48. The lowest BCUT2D eigenvalue weighted by molar-refractivity contribution is 0.00706. The molecule has 2 aliphatic rings. The third-order valence-corrected chi connectivity index (χ3v) is 5.98. The summed E-state index contributed by atoms with van der Waals surface area (Å²) in [6.07, 6.45) is -2.76. The van der Waals surface area contributed by atoms with Crippen LogP contribution in [0.4, 0.5) is 14.6 Å². The molecule has 1 aromatic carbocycles. The monoisotopic (exact) mass is 512 g/mol. The van der Waals surface area contributed by atoms with Crippen molar-refractivity contribution in [2.75, 3.05) is 25.1 Å². The van der Waals surface area contributed by atoms with Gasteiger partial charge < -0.3 is 39.5 Å². The van der Waals surface area contributed by atoms with E-state index < -0.39 is 42.2 Å². The number of rotatable bonds is 8. The lowest BCUT2D eigenvalue weighted by Crippen LogP contribution is -2.34. The van der Waals surface area contributed by atoms with Crippen molar-refractivity contribution in [3.05, 3.63) is 40.4 Å². The van der Waals surface area contributed by atoms with Crippen molar-refractivity contribution in [1.82, 2.24) is 15.0 Å². The molecular formula is C22H23ClF2N4O6. The van der Waals surface area contributed by atoms with Gasteiger partial charge in [-0.3, -0.25) is 0 Å². The number of hydrogen-bond acceptors (Lipinski definition) is 9. The summed E-state index contributed by atoms with van der Waals surface area (Å²) in [6, 6.07) is 3.82. The van der Waals surface area contributed by atoms with Crippen molar-refractivity contribution < 1.29 is 37.9 Å². The van der Waals surface area contributed by atoms with Gasteiger partial charge in [-0.2, -0.15) is 4.98 Å². The van der Waals surface area contributed by atoms with Gasteiger partial charge in [-0.05, 0) is 13.0 Å². The lowest BCUT2D eigenvalue weighted by Gasteiger charge is -2.15. The van der Waals surface area contributed by atoms with Crippen LogP contribution in [0.25, 0.3) is 11.2 Å². The first kappa shape index (κ1) is 23.9. The number of aromatic amines is 1. The van der Waals surface area contributed by atoms with Crippen LogP contribution in [-0.4, -0.2) is 75.5 Å². The van der Waals surface area contributed by atoms with Gasteiger partial charge in [-0.15, -0.1) is 0 Å². The Balaban J connectivity index is 1.28. The van der Waals surface area contributed by atoms with E-state index in [-0.39, 0.29) is 60.2 Å². The number of aromatic nitrogens is 3. The summed E-state index contributed by atoms with van der Waals surface area (Å²) >= 11 is 6.30. The smallest absolute Gasteiger partial charge is 0.296 e. The molecule has 2 aromatic heterocycles. The Labute approximate surface area is 203 Å². The highest BCUT2D eigenvalue weighted by molar-refractivity contribution is 6.33. The van der Waals surface area contributed by atoms with E-state index in [9.17, 15) is 19.0 Å². The predicted molar refractivity (Wildman–Crippen MR) is 120 cm³/mol. The van der Waals surface area contributed by atoms with Crippen LogP contribution in [-0.2, 0) is 16.0 Å². The molecule has 5 atom stereocenters. The molecule has 3 aromatic rings. The average Bonchev–Trinajstić information content (AvgIpc) is 3.48. The van der Waals surface area contributed by atoms with Crippen molar-refractivity contribution in [1.29, 1.82) is 0 Å². The molecular weight excluding hydrogens is 490 g/mol. The molecule has 0 aliphatic carbocycles. The minimum absolute atomic E-state index is 0.0252. The van der Waals surface area contributed by atoms with Crippen molar-refractivity contribution in [2.45, 2.75) is 44.0 Å². The summed E-state index contributed by atoms with van der Waals surface area (Å²) in [5, 5.41) is 22.1. The molecule has 2 saturated heterocycles. The molecule has 2 aliphatic heterocycles. The first-order chi connectivity index (χ1) is 16.8. The Morgan fingerprint density at radius 3 is 2.69 bits per heavy atom. The van der Waals surface area contributed by atoms with E-state index in [0.29, 0.717) is 5.52 Å². The minimum atomic E-state index is -0.818. The Bertz CT molecular complexity index is 1210. The number of benzene rings is 1. The average molecular weight is 513 g/mol. The summed E-state index contributed by atoms with van der Waals surface area (Å²) < 4.78 is 51.0. The second kappa shape index (κ2) is 9.70. The Morgan fingerprint density at radius 1 is 1.20 bits per heavy atom. The summed E-state index contributed by atoms with van der Waals surface area (Å²) in [5.41, 5.74) is 0.542. The quantitative estimate of drug-likeness (QED) is 0.358. The first-order valence-electron chi connectivity index (χ1n) is 11.0. The van der Waals surface area contributed by atoms with Gasteiger partial charge in [0.15, 0.2) is 11.8 Å². The van der Waals surface area contributed by atoms with E-state index in [1.807, 2.05) is 0 Å². The van der Waals surface area contributed by atoms with Gasteiger partial charge >= 0.3 is 0 Å². The highest BCUT2D eigenvalue weighted by Crippen LogP contribution is 2.31. The second-order valence-corrected chi connectivity index (χ2v) is 8.84. The molecule has 5 rings (SSSR count). The zero-order valence-corrected chi connectivity index (χ0v) is 19.3. The first-order valence-corrected chi connectivity index (χ1v) is 11.3. The van der Waals surface area contributed by atoms with Gasteiger partial charge in [0.1, 0.15) is 48.1 Å². The van der Waals surface area contributed by atoms with Gasteiger partial charge in [0.25, 0.3) is 6.01 Å². The number of imidazole rings is 1. The lowest BCUT2D eigenvalue weighted by atomic mass is 10.1. The normalized spacial score (nSPS) is 24.5. The predicted octanol–water partition coefficient (Wildman–Crippen LogP) is 2.17. The third kappa shape index (κ3) is 4.98. The van der Waals surface area contributed by atoms with Crippen LogP contribution in [0.2, 0.25) is 5.02 Å². The molecule has 0 amide bonds. The molecule has 2 fully saturated rings. The fraction of sp³-hybridized carbons (Fsp3) is 0.455. The van der Waals surface area contributed by atoms with Crippen molar-refractivity contribution in [2.24, 2.45) is 0 Å². The van der Waals surface area contributed by atoms with Crippen molar-refractivity contribution in [3.63, 3.8) is 0 Å². The van der Waals surface area contributed by atoms with Crippen LogP contribution in [0.5, 0.6) is 11.8 Å². The zero-order chi connectivity index (χ0) is 24.7. The number of H-pyrrole nitrogens is 1. The van der Waals surface area contributed by atoms with E-state index >= 15 is 0 Å². The van der Waals surface area contributed by atoms with E-state index in [1.165, 1.54) is 6.92 Å². The maximum atomic E-state index is 14.5. The summed E-state index contributed by atoms with van der Waals surface area (Å²) in [7, 11) is 0. The molecule has 13 heteroatoms. The molecule has 0 bridgehead atoms. The fourth-order valence-corrected chi connectivity index (χ4v) is 4.20. The van der Waals surface area contributed by atoms with E-state index in [4.69, 9.17) is 30.5 Å². The van der Waals surface area contributed by atoms with Crippen molar-refractivity contribution >= 4 is 28.6 Å². The van der Waals surface area contributed by atoms with Gasteiger partial charge in [-0.1, -0.05) is 11.6 Å². The number of fused-ring (bicyclic) bond motifs is 2. The van der Waals surface area contributed by atoms with Gasteiger partial charge in [0.05, 0.1) is 29.9 Å². The molecule has 0 spiro atoms. The molecule has 188 valence electrons. The van der Waals surface area contributed by atoms with Gasteiger partial charge in [0, 0.05) is 24.2 Å². The fourth-order valence-electron chi connectivity index (χ4n) is 3.98. The Morgan fingerprint density at radius 2 is 1.94 bits per heavy atom. The second-order valence-electron chi connectivity index (χ2n) is 8.43. The van der Waals surface area contributed by atoms with Crippen LogP contribution < -0.4 is 14.8 Å². The number of hydrogen-bond donors (Lipinski definition) is 4. The van der Waals surface area contributed by atoms with E-state index in [0.717, 1.165) is 12.1 Å². The third-order valence-electron chi connectivity index (χ3n) is 5.69. The number of nitrogens with one attached hydrogen (secondary N) is 2. The minimum Gasteiger partial charge on any atom is -0.491 e. The van der Waals surface area contributed by atoms with Gasteiger partial charge in [0.2, 0.25) is 0 Å². The van der Waals surface area contributed by atoms with E-state index in [2.05, 4.69) is 20.3 Å². The van der Waals surface area contributed by atoms with Crippen LogP contribution in [0.15, 0.2) is 18.2 Å². The number of ether oxygens (including phenoxy) is 4. The number of anilines is 1. The summed E-state index contributed by atoms with van der Waals surface area (Å²) in [6.45, 7) is 1.60. The van der Waals surface area contributed by atoms with Crippen LogP contribution >= 0.6 is 11.6 Å². The van der Waals surface area contributed by atoms with Crippen LogP contribution in [0.3, 0.4) is 0 Å². The molecule has 0 radical (unpaired) electrons. The Kier molecular flexibility index (Phi) is 6.64. The molecule has 2 unspecified atom stereocenters. The standard InChI is InChI=1S/C22H23ClF2N4O6/c1-9(30)6-32-10-2-13(24)11(14(25)3-10)5-26-20-12(23)4-15-21(28-20)29-22(27-15)35-17-8-34-18-16(31)7-33-19(17)18/h2-4,9,16-19,30-31H,5-8H2,1H3,(H2,26,27,28,29)/t9?,16-,17?,18-,19-/m1/s1. The molecule has 0 saturated carbocycles. The molecule has 35 heavy (non-hydrogen) atoms. The molecule has 4 heterocycles. The van der Waals surface area contributed by atoms with Crippen LogP contribution in [0.1, 0.15) is 12.5 Å². The van der Waals surface area contributed by atoms with Gasteiger partial charge in [-0.25, -0.2) is 13.8 Å². The SMILES string of the molecule is CC(O)COc1cc(F)c(CNc2nc3nc(OC4CO[C@@H]5[C@H](O)CO[C@H]45)[nH]c3cc2Cl)c(F)c1. The number of halogens is 3. The Hall–Kier alpha value is -2.77. The van der Waals surface area contributed by atoms with Crippen molar-refractivity contribution in [3.8, 4) is 11.8 Å². The largest absolute Gasteiger partial charge is 0.491 e. The number of pyridine rings is 1. The highest BCUT2D eigenvalue weighted by atomic mass is 35.5. The molecule has 10 nitrogen and oxygen atoms in total. The maximum Gasteiger partial charge on any atom is 0.296 e. The number of nitrogens with zero attached hydrogens (tertiary/aromatic N) is 2. The molecule has 4 N–H and O–H groups in total. The number of aliphatic hydroxyl groups is 2. The summed E-state index contributed by atoms with van der Waals surface area (Å²) in [4.78, 5) is 11.6. The maximum absolute atomic E-state index is 14.5. The highest BCUT2D eigenvalue weighted by Gasteiger charge is 2.48. The van der Waals surface area contributed by atoms with E-state index in [1.54, 1.807) is 6.07 Å². The van der Waals surface area contributed by atoms with Crippen LogP contribution in [0, 0.1) is 11.6 Å². The number of aliphatic hydroxyl groups excluding tert-OH is 2.